The molecule has 0 bridgehead atoms. The summed E-state index contributed by atoms with van der Waals surface area (Å²) in [7, 11) is 0. The molecule has 15 heavy (non-hydrogen) atoms. The summed E-state index contributed by atoms with van der Waals surface area (Å²) in [5, 5.41) is 2.70. The van der Waals surface area contributed by atoms with Gasteiger partial charge in [-0.05, 0) is 16.3 Å². The Hall–Kier alpha value is -0.0538. The number of hydrogen-bond acceptors (Lipinski definition) is 0. The first-order valence-corrected chi connectivity index (χ1v) is 4.67. The Kier molecular flexibility index (Phi) is 7.23. The number of benzene rings is 2. The Balaban J connectivity index is 0.000000980. The van der Waals surface area contributed by atoms with Gasteiger partial charge in [-0.1, -0.05) is 48.9 Å². The van der Waals surface area contributed by atoms with Crippen LogP contribution in [0.1, 0.15) is 12.0 Å². The van der Waals surface area contributed by atoms with Crippen LogP contribution in [0.3, 0.4) is 0 Å². The van der Waals surface area contributed by atoms with Crippen LogP contribution >= 0.6 is 0 Å². The summed E-state index contributed by atoms with van der Waals surface area (Å²) >= 11 is 0. The third-order valence-corrected chi connectivity index (χ3v) is 2.33. The van der Waals surface area contributed by atoms with Gasteiger partial charge in [0.1, 0.15) is 0 Å². The van der Waals surface area contributed by atoms with E-state index in [2.05, 4.69) is 49.4 Å². The average molecular weight is 273 g/mol. The molecule has 0 aliphatic heterocycles. The maximum atomic E-state index is 3.89. The molecule has 0 unspecified atom stereocenters. The van der Waals surface area contributed by atoms with Crippen LogP contribution in [0.25, 0.3) is 10.8 Å². The molecule has 0 amide bonds. The Labute approximate surface area is 118 Å². The molecule has 74 valence electrons. The second-order valence-corrected chi connectivity index (χ2v) is 3.24. The molecule has 0 fully saturated rings. The van der Waals surface area contributed by atoms with Crippen molar-refractivity contribution in [3.05, 3.63) is 55.0 Å². The van der Waals surface area contributed by atoms with Crippen LogP contribution in [-0.2, 0) is 6.42 Å². The van der Waals surface area contributed by atoms with Crippen molar-refractivity contribution in [2.75, 3.05) is 0 Å². The van der Waals surface area contributed by atoms with E-state index in [9.17, 15) is 0 Å². The van der Waals surface area contributed by atoms with Crippen LogP contribution < -0.4 is 17.0 Å². The van der Waals surface area contributed by atoms with Gasteiger partial charge in [0.25, 0.3) is 0 Å². The molecule has 0 N–H and O–H groups in total. The van der Waals surface area contributed by atoms with Gasteiger partial charge in [0.05, 0.1) is 0 Å². The fourth-order valence-electron chi connectivity index (χ4n) is 1.70. The van der Waals surface area contributed by atoms with Gasteiger partial charge >= 0.3 is 23.1 Å². The quantitative estimate of drug-likeness (QED) is 0.543. The Morgan fingerprint density at radius 2 is 1.60 bits per heavy atom. The van der Waals surface area contributed by atoms with E-state index in [4.69, 9.17) is 0 Å². The van der Waals surface area contributed by atoms with Crippen molar-refractivity contribution in [1.82, 2.24) is 0 Å². The zero-order chi connectivity index (χ0) is 9.10. The number of rotatable bonds is 2. The van der Waals surface area contributed by atoms with Gasteiger partial charge in [-0.2, -0.15) is 6.42 Å². The van der Waals surface area contributed by atoms with Crippen molar-refractivity contribution >= 4 is 33.8 Å². The summed E-state index contributed by atoms with van der Waals surface area (Å²) in [5.41, 5.74) is 1.41. The van der Waals surface area contributed by atoms with Crippen molar-refractivity contribution < 1.29 is 17.0 Å². The second kappa shape index (κ2) is 7.26. The van der Waals surface area contributed by atoms with Crippen LogP contribution in [0, 0.1) is 6.92 Å². The van der Waals surface area contributed by atoms with Gasteiger partial charge < -0.3 is 23.9 Å². The third kappa shape index (κ3) is 3.47. The van der Waals surface area contributed by atoms with Crippen LogP contribution in [0.2, 0.25) is 0 Å². The number of aryl methyl sites for hydroxylation is 1. The van der Waals surface area contributed by atoms with Gasteiger partial charge in [0.15, 0.2) is 0 Å². The monoisotopic (exact) mass is 272 g/mol. The first-order chi connectivity index (χ1) is 6.42. The summed E-state index contributed by atoms with van der Waals surface area (Å²) in [6.07, 6.45) is 2.04. The minimum Gasteiger partial charge on any atom is -1.00 e. The maximum absolute atomic E-state index is 3.89. The van der Waals surface area contributed by atoms with Crippen molar-refractivity contribution in [2.24, 2.45) is 0 Å². The number of hydrogen-bond donors (Lipinski definition) is 0. The van der Waals surface area contributed by atoms with Gasteiger partial charge in [-0.25, -0.2) is 0 Å². The molecule has 0 spiro atoms. The van der Waals surface area contributed by atoms with Crippen molar-refractivity contribution in [2.45, 2.75) is 12.8 Å². The van der Waals surface area contributed by atoms with E-state index in [1.54, 1.807) is 0 Å². The maximum Gasteiger partial charge on any atom is 2.00 e. The zero-order valence-corrected chi connectivity index (χ0v) is 11.7. The summed E-state index contributed by atoms with van der Waals surface area (Å²) in [4.78, 5) is 0. The Morgan fingerprint density at radius 1 is 0.933 bits per heavy atom. The molecule has 2 rings (SSSR count). The smallest absolute Gasteiger partial charge is 1.00 e. The Bertz CT molecular complexity index is 407. The normalized spacial score (nSPS) is 9.13. The van der Waals surface area contributed by atoms with Gasteiger partial charge in [-0.3, -0.25) is 0 Å². The molecule has 2 aromatic rings. The molecule has 0 nitrogen and oxygen atoms in total. The summed E-state index contributed by atoms with van der Waals surface area (Å²) in [6, 6.07) is 15.0. The van der Waals surface area contributed by atoms with Gasteiger partial charge in [-0.15, -0.1) is 0 Å². The largest absolute Gasteiger partial charge is 2.00 e. The summed E-state index contributed by atoms with van der Waals surface area (Å²) < 4.78 is 0. The molecule has 0 saturated heterocycles. The van der Waals surface area contributed by atoms with E-state index in [-0.39, 0.29) is 40.0 Å². The van der Waals surface area contributed by atoms with Crippen molar-refractivity contribution in [3.63, 3.8) is 0 Å². The molecule has 2 aromatic carbocycles. The average Bonchev–Trinajstić information content (AvgIpc) is 2.19. The number of halogens is 1. The van der Waals surface area contributed by atoms with Crippen LogP contribution in [0.4, 0.5) is 0 Å². The predicted octanol–water partition coefficient (Wildman–Crippen LogP) is 0.230. The zero-order valence-electron chi connectivity index (χ0n) is 8.75. The number of fused-ring (bicyclic) bond motifs is 1. The molecular weight excluding hydrogens is 260 g/mol. The van der Waals surface area contributed by atoms with E-state index < -0.39 is 0 Å². The van der Waals surface area contributed by atoms with Crippen molar-refractivity contribution in [1.29, 1.82) is 0 Å². The first kappa shape index (κ1) is 14.9. The molecular formula is C13H13BrMg. The predicted molar refractivity (Wildman–Crippen MR) is 63.4 cm³/mol. The molecule has 0 radical (unpaired) electrons. The van der Waals surface area contributed by atoms with Crippen LogP contribution in [0.5, 0.6) is 0 Å². The SMILES string of the molecule is [Br-].[CH2-]CCc1cccc2ccccc12.[Mg+2]. The van der Waals surface area contributed by atoms with E-state index in [1.807, 2.05) is 0 Å². The first-order valence-electron chi connectivity index (χ1n) is 4.67. The molecule has 0 atom stereocenters. The van der Waals surface area contributed by atoms with E-state index in [0.29, 0.717) is 0 Å². The molecule has 0 heterocycles. The topological polar surface area (TPSA) is 0 Å². The second-order valence-electron chi connectivity index (χ2n) is 3.24. The van der Waals surface area contributed by atoms with Gasteiger partial charge in [0.2, 0.25) is 0 Å². The summed E-state index contributed by atoms with van der Waals surface area (Å²) in [5.74, 6) is 0. The fourth-order valence-corrected chi connectivity index (χ4v) is 1.70. The third-order valence-electron chi connectivity index (χ3n) is 2.33. The summed E-state index contributed by atoms with van der Waals surface area (Å²) in [6.45, 7) is 3.89. The molecule has 2 heteroatoms. The van der Waals surface area contributed by atoms with E-state index in [1.165, 1.54) is 16.3 Å². The van der Waals surface area contributed by atoms with Crippen LogP contribution in [-0.4, -0.2) is 23.1 Å². The van der Waals surface area contributed by atoms with Crippen molar-refractivity contribution in [3.8, 4) is 0 Å². The molecule has 0 aliphatic carbocycles. The Morgan fingerprint density at radius 3 is 2.33 bits per heavy atom. The van der Waals surface area contributed by atoms with Crippen LogP contribution in [0.15, 0.2) is 42.5 Å². The standard InChI is InChI=1S/C13H13.BrH.Mg/c1-2-6-11-8-5-9-12-7-3-4-10-13(11)12;;/h3-5,7-10H,1-2,6H2;1H;/q-1;;+2/p-1. The van der Waals surface area contributed by atoms with E-state index >= 15 is 0 Å². The molecule has 0 aromatic heterocycles. The fraction of sp³-hybridized carbons (Fsp3) is 0.154. The minimum atomic E-state index is 0. The molecule has 0 aliphatic rings. The minimum absolute atomic E-state index is 0. The van der Waals surface area contributed by atoms with E-state index in [0.717, 1.165) is 12.8 Å². The molecule has 0 saturated carbocycles. The van der Waals surface area contributed by atoms with Gasteiger partial charge in [0, 0.05) is 0 Å².